The lowest BCUT2D eigenvalue weighted by atomic mass is 9.83. The van der Waals surface area contributed by atoms with E-state index in [1.165, 1.54) is 5.57 Å². The third kappa shape index (κ3) is 5.21. The zero-order chi connectivity index (χ0) is 27.1. The first-order valence-corrected chi connectivity index (χ1v) is 13.4. The molecule has 1 aliphatic carbocycles. The van der Waals surface area contributed by atoms with E-state index in [0.717, 1.165) is 28.2 Å². The Morgan fingerprint density at radius 2 is 1.89 bits per heavy atom. The number of piperazine rings is 1. The van der Waals surface area contributed by atoms with E-state index in [0.29, 0.717) is 44.2 Å². The van der Waals surface area contributed by atoms with Gasteiger partial charge in [-0.25, -0.2) is 9.78 Å². The first kappa shape index (κ1) is 26.4. The van der Waals surface area contributed by atoms with Crippen LogP contribution >= 0.6 is 11.6 Å². The number of ether oxygens (including phenoxy) is 1. The van der Waals surface area contributed by atoms with Crippen LogP contribution in [0.1, 0.15) is 49.0 Å². The summed E-state index contributed by atoms with van der Waals surface area (Å²) in [6.45, 7) is 10.5. The van der Waals surface area contributed by atoms with Crippen LogP contribution in [0.5, 0.6) is 0 Å². The van der Waals surface area contributed by atoms with E-state index < -0.39 is 11.3 Å². The fraction of sp³-hybridized carbons (Fsp3) is 0.414. The third-order valence-electron chi connectivity index (χ3n) is 7.18. The molecule has 2 aliphatic rings. The molecule has 2 N–H and O–H groups in total. The number of imidazole rings is 1. The third-order valence-corrected chi connectivity index (χ3v) is 7.42. The summed E-state index contributed by atoms with van der Waals surface area (Å²) in [5, 5.41) is 0.650. The van der Waals surface area contributed by atoms with Gasteiger partial charge in [-0.1, -0.05) is 29.8 Å². The number of carbonyl (C=O) groups excluding carboxylic acids is 1. The molecule has 3 aromatic rings. The number of fused-ring (bicyclic) bond motifs is 2. The van der Waals surface area contributed by atoms with Crippen molar-refractivity contribution in [3.8, 4) is 0 Å². The molecular weight excluding hydrogens is 500 g/mol. The molecule has 1 aromatic carbocycles. The van der Waals surface area contributed by atoms with Crippen LogP contribution in [0, 0.1) is 6.92 Å². The van der Waals surface area contributed by atoms with Crippen LogP contribution in [0.3, 0.4) is 0 Å². The maximum atomic E-state index is 12.7. The number of amides is 1. The Labute approximate surface area is 229 Å². The summed E-state index contributed by atoms with van der Waals surface area (Å²) in [7, 11) is 0. The highest BCUT2D eigenvalue weighted by molar-refractivity contribution is 6.30. The first-order valence-electron chi connectivity index (χ1n) is 13.0. The first-order chi connectivity index (χ1) is 18.0. The summed E-state index contributed by atoms with van der Waals surface area (Å²) in [5.41, 5.74) is 10.9. The molecule has 2 aromatic heterocycles. The average Bonchev–Trinajstić information content (AvgIpc) is 3.26. The Morgan fingerprint density at radius 3 is 2.58 bits per heavy atom. The number of benzene rings is 1. The van der Waals surface area contributed by atoms with Gasteiger partial charge < -0.3 is 19.9 Å². The quantitative estimate of drug-likeness (QED) is 0.528. The average molecular weight is 535 g/mol. The van der Waals surface area contributed by atoms with Gasteiger partial charge in [0, 0.05) is 61.9 Å². The summed E-state index contributed by atoms with van der Waals surface area (Å²) < 4.78 is 7.74. The standard InChI is InChI=1S/C29H35ClN6O2/c1-20-32-10-11-35(20)19-21-16-22-6-5-9-33-26(22)29(31,25-8-7-24(30)18-23(25)17-21)36-14-12-34(13-15-36)27(37)38-28(2,3)4/h5-11,17-18H,12-16,19,31H2,1-4H3/b21-17+. The summed E-state index contributed by atoms with van der Waals surface area (Å²) in [5.74, 6) is 0.960. The van der Waals surface area contributed by atoms with Crippen molar-refractivity contribution in [2.24, 2.45) is 5.73 Å². The number of carbonyl (C=O) groups is 1. The summed E-state index contributed by atoms with van der Waals surface area (Å²) in [4.78, 5) is 26.0. The minimum absolute atomic E-state index is 0.297. The highest BCUT2D eigenvalue weighted by Crippen LogP contribution is 2.39. The largest absolute Gasteiger partial charge is 0.444 e. The number of hydrogen-bond acceptors (Lipinski definition) is 6. The number of aryl methyl sites for hydroxylation is 1. The van der Waals surface area contributed by atoms with Gasteiger partial charge in [0.05, 0.1) is 5.69 Å². The molecule has 0 saturated carbocycles. The van der Waals surface area contributed by atoms with E-state index in [4.69, 9.17) is 27.1 Å². The lowest BCUT2D eigenvalue weighted by molar-refractivity contribution is 0.00196. The number of aromatic nitrogens is 3. The Morgan fingerprint density at radius 1 is 1.13 bits per heavy atom. The van der Waals surface area contributed by atoms with Crippen molar-refractivity contribution in [1.82, 2.24) is 24.3 Å². The van der Waals surface area contributed by atoms with Gasteiger partial charge in [-0.3, -0.25) is 9.88 Å². The number of hydrogen-bond donors (Lipinski definition) is 1. The molecule has 1 saturated heterocycles. The zero-order valence-corrected chi connectivity index (χ0v) is 23.2. The second-order valence-corrected chi connectivity index (χ2v) is 11.5. The minimum atomic E-state index is -0.997. The van der Waals surface area contributed by atoms with Crippen LogP contribution in [-0.2, 0) is 23.4 Å². The SMILES string of the molecule is Cc1nccn1C/C1=C/c2cc(Cl)ccc2C(N)(N2CCN(C(=O)OC(C)(C)C)CC2)c2ncccc2C1. The van der Waals surface area contributed by atoms with Gasteiger partial charge >= 0.3 is 6.09 Å². The van der Waals surface area contributed by atoms with Crippen LogP contribution in [-0.4, -0.2) is 62.2 Å². The van der Waals surface area contributed by atoms with Gasteiger partial charge in [-0.15, -0.1) is 0 Å². The number of nitrogens with zero attached hydrogens (tertiary/aromatic N) is 5. The van der Waals surface area contributed by atoms with Crippen molar-refractivity contribution in [3.63, 3.8) is 0 Å². The van der Waals surface area contributed by atoms with Crippen LogP contribution < -0.4 is 5.73 Å². The van der Waals surface area contributed by atoms with Crippen molar-refractivity contribution >= 4 is 23.8 Å². The van der Waals surface area contributed by atoms with Crippen LogP contribution in [0.25, 0.3) is 6.08 Å². The number of rotatable bonds is 3. The van der Waals surface area contributed by atoms with Gasteiger partial charge in [-0.05, 0) is 69.0 Å². The Hall–Kier alpha value is -3.20. The van der Waals surface area contributed by atoms with Gasteiger partial charge in [0.2, 0.25) is 0 Å². The summed E-state index contributed by atoms with van der Waals surface area (Å²) >= 11 is 6.50. The molecule has 0 spiro atoms. The van der Waals surface area contributed by atoms with Crippen LogP contribution in [0.2, 0.25) is 5.02 Å². The molecule has 1 unspecified atom stereocenters. The van der Waals surface area contributed by atoms with Gasteiger partial charge in [0.25, 0.3) is 0 Å². The fourth-order valence-corrected chi connectivity index (χ4v) is 5.53. The van der Waals surface area contributed by atoms with E-state index in [2.05, 4.69) is 26.6 Å². The molecule has 200 valence electrons. The van der Waals surface area contributed by atoms with E-state index in [1.807, 2.05) is 64.4 Å². The van der Waals surface area contributed by atoms with E-state index >= 15 is 0 Å². The van der Waals surface area contributed by atoms with Crippen molar-refractivity contribution in [2.45, 2.75) is 51.9 Å². The maximum Gasteiger partial charge on any atom is 0.410 e. The molecule has 8 nitrogen and oxygen atoms in total. The predicted octanol–water partition coefficient (Wildman–Crippen LogP) is 4.59. The zero-order valence-electron chi connectivity index (χ0n) is 22.4. The summed E-state index contributed by atoms with van der Waals surface area (Å²) in [6.07, 6.45) is 8.22. The highest BCUT2D eigenvalue weighted by atomic mass is 35.5. The molecule has 38 heavy (non-hydrogen) atoms. The Bertz CT molecular complexity index is 1370. The minimum Gasteiger partial charge on any atom is -0.444 e. The monoisotopic (exact) mass is 534 g/mol. The van der Waals surface area contributed by atoms with Crippen LogP contribution in [0.4, 0.5) is 4.79 Å². The highest BCUT2D eigenvalue weighted by Gasteiger charge is 2.43. The predicted molar refractivity (Wildman–Crippen MR) is 149 cm³/mol. The van der Waals surface area contributed by atoms with E-state index in [-0.39, 0.29) is 6.09 Å². The number of nitrogens with two attached hydrogens (primary N) is 1. The smallest absolute Gasteiger partial charge is 0.410 e. The van der Waals surface area contributed by atoms with Gasteiger partial charge in [-0.2, -0.15) is 0 Å². The second-order valence-electron chi connectivity index (χ2n) is 11.0. The Kier molecular flexibility index (Phi) is 7.07. The van der Waals surface area contributed by atoms with Gasteiger partial charge in [0.15, 0.2) is 0 Å². The van der Waals surface area contributed by atoms with Crippen molar-refractivity contribution < 1.29 is 9.53 Å². The lowest BCUT2D eigenvalue weighted by Gasteiger charge is -2.47. The van der Waals surface area contributed by atoms with Crippen molar-refractivity contribution in [2.75, 3.05) is 26.2 Å². The topological polar surface area (TPSA) is 89.5 Å². The molecule has 1 fully saturated rings. The van der Waals surface area contributed by atoms with Crippen molar-refractivity contribution in [3.05, 3.63) is 87.7 Å². The molecule has 9 heteroatoms. The Balaban J connectivity index is 1.54. The summed E-state index contributed by atoms with van der Waals surface area (Å²) in [6, 6.07) is 9.94. The molecule has 0 bridgehead atoms. The fourth-order valence-electron chi connectivity index (χ4n) is 5.35. The normalized spacial score (nSPS) is 21.5. The van der Waals surface area contributed by atoms with Crippen LogP contribution in [0.15, 0.2) is 54.5 Å². The molecule has 5 rings (SSSR count). The molecule has 0 radical (unpaired) electrons. The van der Waals surface area contributed by atoms with E-state index in [1.54, 1.807) is 11.1 Å². The molecule has 3 heterocycles. The number of halogens is 1. The second kappa shape index (κ2) is 10.2. The molecular formula is C29H35ClN6O2. The number of pyridine rings is 1. The molecule has 1 amide bonds. The maximum absolute atomic E-state index is 12.7. The van der Waals surface area contributed by atoms with E-state index in [9.17, 15) is 4.79 Å². The van der Waals surface area contributed by atoms with Gasteiger partial charge in [0.1, 0.15) is 17.1 Å². The van der Waals surface area contributed by atoms with Crippen molar-refractivity contribution in [1.29, 1.82) is 0 Å². The number of allylic oxidation sites excluding steroid dienone is 1. The molecule has 1 aliphatic heterocycles. The lowest BCUT2D eigenvalue weighted by Crippen LogP contribution is -2.62. The molecule has 1 atom stereocenters.